The minimum atomic E-state index is -0.495. The minimum absolute atomic E-state index is 0.0260. The molecule has 1 rings (SSSR count). The number of rotatable bonds is 7. The Hall–Kier alpha value is -1.95. The topological polar surface area (TPSA) is 81.5 Å². The molecular formula is C13H18N2O4. The molecule has 0 fully saturated rings. The third-order valence-corrected chi connectivity index (χ3v) is 2.40. The van der Waals surface area contributed by atoms with Gasteiger partial charge < -0.3 is 10.1 Å². The van der Waals surface area contributed by atoms with Gasteiger partial charge in [-0.15, -0.1) is 0 Å². The summed E-state index contributed by atoms with van der Waals surface area (Å²) in [5, 5.41) is 13.2. The zero-order chi connectivity index (χ0) is 14.3. The van der Waals surface area contributed by atoms with Crippen molar-refractivity contribution in [1.29, 1.82) is 0 Å². The van der Waals surface area contributed by atoms with Gasteiger partial charge in [0.1, 0.15) is 0 Å². The minimum Gasteiger partial charge on any atom is -0.379 e. The van der Waals surface area contributed by atoms with Gasteiger partial charge in [-0.3, -0.25) is 14.9 Å². The van der Waals surface area contributed by atoms with Crippen LogP contribution in [0.5, 0.6) is 0 Å². The summed E-state index contributed by atoms with van der Waals surface area (Å²) < 4.78 is 5.35. The molecule has 19 heavy (non-hydrogen) atoms. The summed E-state index contributed by atoms with van der Waals surface area (Å²) in [6.07, 6.45) is 0.919. The van der Waals surface area contributed by atoms with Crippen LogP contribution in [0.25, 0.3) is 0 Å². The molecule has 1 N–H and O–H groups in total. The van der Waals surface area contributed by atoms with E-state index in [4.69, 9.17) is 4.74 Å². The first-order chi connectivity index (χ1) is 9.00. The lowest BCUT2D eigenvalue weighted by atomic mass is 10.2. The summed E-state index contributed by atoms with van der Waals surface area (Å²) in [4.78, 5) is 21.7. The van der Waals surface area contributed by atoms with Crippen LogP contribution in [0.3, 0.4) is 0 Å². The maximum atomic E-state index is 11.7. The Morgan fingerprint density at radius 2 is 2.00 bits per heavy atom. The Morgan fingerprint density at radius 3 is 2.53 bits per heavy atom. The van der Waals surface area contributed by atoms with Crippen molar-refractivity contribution in [2.45, 2.75) is 26.4 Å². The van der Waals surface area contributed by atoms with Crippen molar-refractivity contribution in [2.75, 3.05) is 13.2 Å². The molecule has 6 heteroatoms. The second kappa shape index (κ2) is 7.48. The second-order valence-corrected chi connectivity index (χ2v) is 4.33. The maximum absolute atomic E-state index is 11.7. The van der Waals surface area contributed by atoms with Gasteiger partial charge in [-0.2, -0.15) is 0 Å². The zero-order valence-electron chi connectivity index (χ0n) is 11.1. The van der Waals surface area contributed by atoms with Crippen LogP contribution in [0, 0.1) is 10.1 Å². The van der Waals surface area contributed by atoms with Gasteiger partial charge in [0.05, 0.1) is 11.0 Å². The van der Waals surface area contributed by atoms with Crippen LogP contribution in [0.1, 0.15) is 30.6 Å². The van der Waals surface area contributed by atoms with Crippen molar-refractivity contribution >= 4 is 11.6 Å². The lowest BCUT2D eigenvalue weighted by Gasteiger charge is -2.08. The van der Waals surface area contributed by atoms with Crippen LogP contribution in [0.2, 0.25) is 0 Å². The van der Waals surface area contributed by atoms with Gasteiger partial charge in [-0.05, 0) is 32.4 Å². The summed E-state index contributed by atoms with van der Waals surface area (Å²) in [6.45, 7) is 5.02. The molecule has 0 saturated heterocycles. The molecule has 0 unspecified atom stereocenters. The van der Waals surface area contributed by atoms with Crippen molar-refractivity contribution in [3.63, 3.8) is 0 Å². The molecule has 0 saturated carbocycles. The molecule has 104 valence electrons. The number of ether oxygens (including phenoxy) is 1. The third-order valence-electron chi connectivity index (χ3n) is 2.40. The van der Waals surface area contributed by atoms with E-state index in [1.165, 1.54) is 24.3 Å². The van der Waals surface area contributed by atoms with Crippen molar-refractivity contribution in [3.8, 4) is 0 Å². The predicted molar refractivity (Wildman–Crippen MR) is 71.1 cm³/mol. The van der Waals surface area contributed by atoms with Gasteiger partial charge in [0.2, 0.25) is 0 Å². The quantitative estimate of drug-likeness (QED) is 0.465. The van der Waals surface area contributed by atoms with Gasteiger partial charge in [0.25, 0.3) is 11.6 Å². The highest BCUT2D eigenvalue weighted by molar-refractivity contribution is 5.94. The number of hydrogen-bond acceptors (Lipinski definition) is 4. The molecule has 1 amide bonds. The standard InChI is InChI=1S/C13H18N2O4/c1-10(2)19-9-3-8-14-13(16)11-4-6-12(7-5-11)15(17)18/h4-7,10H,3,8-9H2,1-2H3,(H,14,16). The van der Waals surface area contributed by atoms with Crippen LogP contribution >= 0.6 is 0 Å². The molecule has 1 aromatic rings. The number of nitrogens with zero attached hydrogens (tertiary/aromatic N) is 1. The van der Waals surface area contributed by atoms with Crippen molar-refractivity contribution in [3.05, 3.63) is 39.9 Å². The highest BCUT2D eigenvalue weighted by Gasteiger charge is 2.08. The molecule has 0 aromatic heterocycles. The molecule has 0 aliphatic rings. The highest BCUT2D eigenvalue weighted by atomic mass is 16.6. The van der Waals surface area contributed by atoms with Gasteiger partial charge in [0, 0.05) is 30.8 Å². The molecule has 0 atom stereocenters. The summed E-state index contributed by atoms with van der Waals surface area (Å²) in [5.41, 5.74) is 0.386. The van der Waals surface area contributed by atoms with E-state index in [1.807, 2.05) is 13.8 Å². The Labute approximate surface area is 111 Å². The molecule has 1 aromatic carbocycles. The van der Waals surface area contributed by atoms with Crippen molar-refractivity contribution in [2.24, 2.45) is 0 Å². The number of nitro groups is 1. The normalized spacial score (nSPS) is 10.5. The van der Waals surface area contributed by atoms with E-state index in [0.717, 1.165) is 6.42 Å². The Balaban J connectivity index is 2.35. The molecule has 0 heterocycles. The summed E-state index contributed by atoms with van der Waals surface area (Å²) in [6, 6.07) is 5.52. The first-order valence-electron chi connectivity index (χ1n) is 6.15. The highest BCUT2D eigenvalue weighted by Crippen LogP contribution is 2.11. The smallest absolute Gasteiger partial charge is 0.269 e. The number of non-ortho nitro benzene ring substituents is 1. The van der Waals surface area contributed by atoms with Gasteiger partial charge in [-0.1, -0.05) is 0 Å². The molecule has 6 nitrogen and oxygen atoms in total. The van der Waals surface area contributed by atoms with E-state index >= 15 is 0 Å². The van der Waals surface area contributed by atoms with Gasteiger partial charge in [-0.25, -0.2) is 0 Å². The number of hydrogen-bond donors (Lipinski definition) is 1. The van der Waals surface area contributed by atoms with E-state index in [9.17, 15) is 14.9 Å². The third kappa shape index (κ3) is 5.48. The van der Waals surface area contributed by atoms with Crippen molar-refractivity contribution in [1.82, 2.24) is 5.32 Å². The number of carbonyl (C=O) groups is 1. The van der Waals surface area contributed by atoms with E-state index in [2.05, 4.69) is 5.32 Å². The average molecular weight is 266 g/mol. The average Bonchev–Trinajstić information content (AvgIpc) is 2.37. The number of nitro benzene ring substituents is 1. The predicted octanol–water partition coefficient (Wildman–Crippen LogP) is 2.14. The van der Waals surface area contributed by atoms with E-state index in [-0.39, 0.29) is 17.7 Å². The molecule has 0 aliphatic heterocycles. The summed E-state index contributed by atoms with van der Waals surface area (Å²) in [7, 11) is 0. The molecule has 0 aliphatic carbocycles. The van der Waals surface area contributed by atoms with Crippen LogP contribution in [-0.2, 0) is 4.74 Å². The fraction of sp³-hybridized carbons (Fsp3) is 0.462. The van der Waals surface area contributed by atoms with Gasteiger partial charge in [0.15, 0.2) is 0 Å². The monoisotopic (exact) mass is 266 g/mol. The largest absolute Gasteiger partial charge is 0.379 e. The zero-order valence-corrected chi connectivity index (χ0v) is 11.1. The van der Waals surface area contributed by atoms with E-state index in [1.54, 1.807) is 0 Å². The lowest BCUT2D eigenvalue weighted by Crippen LogP contribution is -2.25. The number of nitrogens with one attached hydrogen (secondary N) is 1. The lowest BCUT2D eigenvalue weighted by molar-refractivity contribution is -0.384. The Bertz CT molecular complexity index is 429. The fourth-order valence-corrected chi connectivity index (χ4v) is 1.43. The van der Waals surface area contributed by atoms with Crippen LogP contribution in [-0.4, -0.2) is 30.1 Å². The SMILES string of the molecule is CC(C)OCCCNC(=O)c1ccc([N+](=O)[O-])cc1. The second-order valence-electron chi connectivity index (χ2n) is 4.33. The van der Waals surface area contributed by atoms with Crippen LogP contribution < -0.4 is 5.32 Å². The molecule has 0 spiro atoms. The van der Waals surface area contributed by atoms with Crippen LogP contribution in [0.4, 0.5) is 5.69 Å². The number of amides is 1. The molecular weight excluding hydrogens is 248 g/mol. The Morgan fingerprint density at radius 1 is 1.37 bits per heavy atom. The van der Waals surface area contributed by atoms with Crippen molar-refractivity contribution < 1.29 is 14.5 Å². The fourth-order valence-electron chi connectivity index (χ4n) is 1.43. The van der Waals surface area contributed by atoms with Crippen LogP contribution in [0.15, 0.2) is 24.3 Å². The summed E-state index contributed by atoms with van der Waals surface area (Å²) >= 11 is 0. The summed E-state index contributed by atoms with van der Waals surface area (Å²) in [5.74, 6) is -0.237. The molecule has 0 bridgehead atoms. The van der Waals surface area contributed by atoms with E-state index < -0.39 is 4.92 Å². The number of carbonyl (C=O) groups excluding carboxylic acids is 1. The molecule has 0 radical (unpaired) electrons. The first kappa shape index (κ1) is 15.1. The number of benzene rings is 1. The van der Waals surface area contributed by atoms with Gasteiger partial charge >= 0.3 is 0 Å². The Kier molecular flexibility index (Phi) is 5.95. The van der Waals surface area contributed by atoms with E-state index in [0.29, 0.717) is 18.7 Å². The maximum Gasteiger partial charge on any atom is 0.269 e. The first-order valence-corrected chi connectivity index (χ1v) is 6.15.